The Bertz CT molecular complexity index is 396. The van der Waals surface area contributed by atoms with Gasteiger partial charge in [0.15, 0.2) is 0 Å². The molecule has 1 aromatic rings. The van der Waals surface area contributed by atoms with Gasteiger partial charge in [-0.15, -0.1) is 11.6 Å². The van der Waals surface area contributed by atoms with Gasteiger partial charge in [-0.25, -0.2) is 0 Å². The van der Waals surface area contributed by atoms with Gasteiger partial charge < -0.3 is 4.74 Å². The summed E-state index contributed by atoms with van der Waals surface area (Å²) in [4.78, 5) is 0. The van der Waals surface area contributed by atoms with Crippen molar-refractivity contribution in [3.63, 3.8) is 0 Å². The SMILES string of the molecule is CCC1(C)C(Cl)CC1OCc1ccccc1Br. The first kappa shape index (κ1) is 13.4. The van der Waals surface area contributed by atoms with Gasteiger partial charge >= 0.3 is 0 Å². The molecule has 0 spiro atoms. The van der Waals surface area contributed by atoms with E-state index in [1.54, 1.807) is 0 Å². The smallest absolute Gasteiger partial charge is 0.0731 e. The Morgan fingerprint density at radius 1 is 1.47 bits per heavy atom. The third-order valence-corrected chi connectivity index (χ3v) is 5.48. The van der Waals surface area contributed by atoms with Gasteiger partial charge in [-0.1, -0.05) is 48.0 Å². The first-order chi connectivity index (χ1) is 8.08. The van der Waals surface area contributed by atoms with Crippen LogP contribution in [-0.4, -0.2) is 11.5 Å². The second-order valence-electron chi connectivity index (χ2n) is 4.95. The van der Waals surface area contributed by atoms with Crippen LogP contribution in [0.25, 0.3) is 0 Å². The van der Waals surface area contributed by atoms with E-state index in [9.17, 15) is 0 Å². The summed E-state index contributed by atoms with van der Waals surface area (Å²) in [5.41, 5.74) is 1.34. The van der Waals surface area contributed by atoms with E-state index in [1.165, 1.54) is 5.56 Å². The highest BCUT2D eigenvalue weighted by Crippen LogP contribution is 2.49. The molecule has 0 bridgehead atoms. The Kier molecular flexibility index (Phi) is 4.17. The van der Waals surface area contributed by atoms with E-state index < -0.39 is 0 Å². The molecule has 1 aliphatic rings. The maximum atomic E-state index is 6.27. The van der Waals surface area contributed by atoms with Gasteiger partial charge in [-0.3, -0.25) is 0 Å². The largest absolute Gasteiger partial charge is 0.373 e. The van der Waals surface area contributed by atoms with Crippen molar-refractivity contribution >= 4 is 27.5 Å². The molecule has 0 radical (unpaired) electrons. The van der Waals surface area contributed by atoms with Crippen LogP contribution in [0.4, 0.5) is 0 Å². The summed E-state index contributed by atoms with van der Waals surface area (Å²) in [5.74, 6) is 0. The highest BCUT2D eigenvalue weighted by molar-refractivity contribution is 9.10. The van der Waals surface area contributed by atoms with Crippen LogP contribution < -0.4 is 0 Å². The summed E-state index contributed by atoms with van der Waals surface area (Å²) in [6.07, 6.45) is 2.33. The Morgan fingerprint density at radius 2 is 2.18 bits per heavy atom. The highest BCUT2D eigenvalue weighted by Gasteiger charge is 2.50. The lowest BCUT2D eigenvalue weighted by Gasteiger charge is -2.50. The number of hydrogen-bond donors (Lipinski definition) is 0. The molecule has 2 rings (SSSR count). The van der Waals surface area contributed by atoms with Crippen molar-refractivity contribution in [2.75, 3.05) is 0 Å². The van der Waals surface area contributed by atoms with Gasteiger partial charge in [0.05, 0.1) is 12.7 Å². The minimum absolute atomic E-state index is 0.142. The van der Waals surface area contributed by atoms with Crippen LogP contribution in [0.5, 0.6) is 0 Å². The fourth-order valence-corrected chi connectivity index (χ4v) is 3.14. The lowest BCUT2D eigenvalue weighted by Crippen LogP contribution is -2.53. The molecule has 3 atom stereocenters. The minimum atomic E-state index is 0.142. The van der Waals surface area contributed by atoms with Gasteiger partial charge in [-0.2, -0.15) is 0 Å². The molecule has 3 unspecified atom stereocenters. The third kappa shape index (κ3) is 2.54. The predicted molar refractivity (Wildman–Crippen MR) is 75.4 cm³/mol. The summed E-state index contributed by atoms with van der Waals surface area (Å²) in [6, 6.07) is 8.18. The number of hydrogen-bond acceptors (Lipinski definition) is 1. The normalized spacial score (nSPS) is 32.2. The molecule has 1 fully saturated rings. The Balaban J connectivity index is 1.94. The second kappa shape index (κ2) is 5.29. The van der Waals surface area contributed by atoms with Crippen LogP contribution in [0.1, 0.15) is 32.3 Å². The Hall–Kier alpha value is -0.0500. The molecule has 0 heterocycles. The maximum Gasteiger partial charge on any atom is 0.0731 e. The lowest BCUT2D eigenvalue weighted by molar-refractivity contribution is -0.108. The molecule has 1 aromatic carbocycles. The van der Waals surface area contributed by atoms with E-state index in [1.807, 2.05) is 18.2 Å². The zero-order valence-corrected chi connectivity index (χ0v) is 12.6. The first-order valence-corrected chi connectivity index (χ1v) is 7.30. The molecule has 0 aromatic heterocycles. The fraction of sp³-hybridized carbons (Fsp3) is 0.571. The Morgan fingerprint density at radius 3 is 2.76 bits per heavy atom. The van der Waals surface area contributed by atoms with Crippen LogP contribution >= 0.6 is 27.5 Å². The number of benzene rings is 1. The number of rotatable bonds is 4. The van der Waals surface area contributed by atoms with Crippen molar-refractivity contribution in [2.45, 2.75) is 44.8 Å². The fourth-order valence-electron chi connectivity index (χ4n) is 2.28. The van der Waals surface area contributed by atoms with Crippen LogP contribution in [-0.2, 0) is 11.3 Å². The van der Waals surface area contributed by atoms with E-state index in [0.29, 0.717) is 12.7 Å². The van der Waals surface area contributed by atoms with Crippen LogP contribution in [0.3, 0.4) is 0 Å². The van der Waals surface area contributed by atoms with Gasteiger partial charge in [0.1, 0.15) is 0 Å². The quantitative estimate of drug-likeness (QED) is 0.727. The molecular formula is C14H18BrClO. The number of alkyl halides is 1. The van der Waals surface area contributed by atoms with Gasteiger partial charge in [0.25, 0.3) is 0 Å². The number of halogens is 2. The van der Waals surface area contributed by atoms with Crippen molar-refractivity contribution in [1.82, 2.24) is 0 Å². The second-order valence-corrected chi connectivity index (χ2v) is 6.33. The van der Waals surface area contributed by atoms with Crippen molar-refractivity contribution in [1.29, 1.82) is 0 Å². The monoisotopic (exact) mass is 316 g/mol. The minimum Gasteiger partial charge on any atom is -0.373 e. The summed E-state index contributed by atoms with van der Waals surface area (Å²) in [7, 11) is 0. The van der Waals surface area contributed by atoms with Gasteiger partial charge in [0.2, 0.25) is 0 Å². The van der Waals surface area contributed by atoms with Crippen LogP contribution in [0.15, 0.2) is 28.7 Å². The van der Waals surface area contributed by atoms with E-state index in [0.717, 1.165) is 17.3 Å². The lowest BCUT2D eigenvalue weighted by atomic mass is 9.65. The average molecular weight is 318 g/mol. The molecule has 17 heavy (non-hydrogen) atoms. The summed E-state index contributed by atoms with van der Waals surface area (Å²) < 4.78 is 7.12. The van der Waals surface area contributed by atoms with E-state index in [-0.39, 0.29) is 10.8 Å². The molecule has 94 valence electrons. The first-order valence-electron chi connectivity index (χ1n) is 6.07. The van der Waals surface area contributed by atoms with E-state index >= 15 is 0 Å². The molecule has 0 N–H and O–H groups in total. The molecular weight excluding hydrogens is 300 g/mol. The molecule has 0 amide bonds. The van der Waals surface area contributed by atoms with Crippen molar-refractivity contribution in [3.05, 3.63) is 34.3 Å². The summed E-state index contributed by atoms with van der Waals surface area (Å²) in [6.45, 7) is 5.06. The van der Waals surface area contributed by atoms with E-state index in [2.05, 4.69) is 35.8 Å². The zero-order valence-electron chi connectivity index (χ0n) is 10.2. The molecule has 1 aliphatic carbocycles. The average Bonchev–Trinajstić information content (AvgIpc) is 2.35. The summed E-state index contributed by atoms with van der Waals surface area (Å²) >= 11 is 9.81. The molecule has 1 saturated carbocycles. The van der Waals surface area contributed by atoms with Crippen molar-refractivity contribution in [3.8, 4) is 0 Å². The molecule has 0 saturated heterocycles. The van der Waals surface area contributed by atoms with Crippen molar-refractivity contribution in [2.24, 2.45) is 5.41 Å². The van der Waals surface area contributed by atoms with Gasteiger partial charge in [0, 0.05) is 15.3 Å². The van der Waals surface area contributed by atoms with Crippen LogP contribution in [0.2, 0.25) is 0 Å². The molecule has 0 aliphatic heterocycles. The molecule has 3 heteroatoms. The Labute approximate surface area is 117 Å². The standard InChI is InChI=1S/C14H18BrClO/c1-3-14(2)12(16)8-13(14)17-9-10-6-4-5-7-11(10)15/h4-7,12-13H,3,8-9H2,1-2H3. The maximum absolute atomic E-state index is 6.27. The van der Waals surface area contributed by atoms with Crippen molar-refractivity contribution < 1.29 is 4.74 Å². The predicted octanol–water partition coefficient (Wildman–Crippen LogP) is 4.76. The number of ether oxygens (including phenoxy) is 1. The highest BCUT2D eigenvalue weighted by atomic mass is 79.9. The third-order valence-electron chi connectivity index (χ3n) is 4.03. The van der Waals surface area contributed by atoms with E-state index in [4.69, 9.17) is 16.3 Å². The van der Waals surface area contributed by atoms with Crippen LogP contribution in [0, 0.1) is 5.41 Å². The summed E-state index contributed by atoms with van der Waals surface area (Å²) in [5, 5.41) is 0.261. The molecule has 1 nitrogen and oxygen atoms in total. The zero-order chi connectivity index (χ0) is 12.5. The topological polar surface area (TPSA) is 9.23 Å². The van der Waals surface area contributed by atoms with Gasteiger partial charge in [-0.05, 0) is 24.5 Å².